The maximum atomic E-state index is 12.2. The fourth-order valence-electron chi connectivity index (χ4n) is 2.00. The molecule has 0 aliphatic heterocycles. The Balaban J connectivity index is 1.93. The van der Waals surface area contributed by atoms with Crippen LogP contribution >= 0.6 is 0 Å². The first-order valence-corrected chi connectivity index (χ1v) is 6.33. The number of aromatic nitrogens is 3. The maximum absolute atomic E-state index is 12.2. The molecule has 0 spiro atoms. The molecule has 0 fully saturated rings. The van der Waals surface area contributed by atoms with Gasteiger partial charge in [0.2, 0.25) is 5.78 Å². The highest BCUT2D eigenvalue weighted by Crippen LogP contribution is 2.11. The standard InChI is InChI=1S/C16H13N3O/c1-12-6-5-9-14(10-12)19-11-15(17-18-19)16(20)13-7-3-2-4-8-13/h2-11H,1H3. The van der Waals surface area contributed by atoms with Gasteiger partial charge in [-0.2, -0.15) is 0 Å². The van der Waals surface area contributed by atoms with Crippen LogP contribution in [-0.2, 0) is 0 Å². The molecule has 4 nitrogen and oxygen atoms in total. The van der Waals surface area contributed by atoms with Crippen molar-refractivity contribution in [3.8, 4) is 5.69 Å². The van der Waals surface area contributed by atoms with Crippen molar-refractivity contribution in [3.05, 3.63) is 77.6 Å². The Labute approximate surface area is 116 Å². The first-order valence-electron chi connectivity index (χ1n) is 6.33. The van der Waals surface area contributed by atoms with Gasteiger partial charge in [-0.05, 0) is 24.6 Å². The SMILES string of the molecule is Cc1cccc(-n2cc(C(=O)c3ccccc3)nn2)c1. The van der Waals surface area contributed by atoms with Crippen molar-refractivity contribution in [2.24, 2.45) is 0 Å². The zero-order chi connectivity index (χ0) is 13.9. The molecule has 0 bridgehead atoms. The van der Waals surface area contributed by atoms with E-state index >= 15 is 0 Å². The van der Waals surface area contributed by atoms with Gasteiger partial charge >= 0.3 is 0 Å². The lowest BCUT2D eigenvalue weighted by Crippen LogP contribution is -2.01. The lowest BCUT2D eigenvalue weighted by molar-refractivity contribution is 0.103. The minimum Gasteiger partial charge on any atom is -0.287 e. The Morgan fingerprint density at radius 2 is 1.85 bits per heavy atom. The fraction of sp³-hybridized carbons (Fsp3) is 0.0625. The summed E-state index contributed by atoms with van der Waals surface area (Å²) in [6.07, 6.45) is 1.66. The second-order valence-corrected chi connectivity index (χ2v) is 4.58. The summed E-state index contributed by atoms with van der Waals surface area (Å²) in [4.78, 5) is 12.2. The molecule has 1 heterocycles. The lowest BCUT2D eigenvalue weighted by Gasteiger charge is -2.00. The molecule has 0 saturated heterocycles. The minimum absolute atomic E-state index is 0.121. The predicted molar refractivity (Wildman–Crippen MR) is 76.0 cm³/mol. The minimum atomic E-state index is -0.121. The van der Waals surface area contributed by atoms with Gasteiger partial charge < -0.3 is 0 Å². The lowest BCUT2D eigenvalue weighted by atomic mass is 10.1. The van der Waals surface area contributed by atoms with Gasteiger partial charge in [0.25, 0.3) is 0 Å². The molecule has 0 radical (unpaired) electrons. The average molecular weight is 263 g/mol. The summed E-state index contributed by atoms with van der Waals surface area (Å²) in [5.41, 5.74) is 2.99. The van der Waals surface area contributed by atoms with Crippen molar-refractivity contribution < 1.29 is 4.79 Å². The van der Waals surface area contributed by atoms with Crippen molar-refractivity contribution in [2.75, 3.05) is 0 Å². The van der Waals surface area contributed by atoms with Crippen LogP contribution in [-0.4, -0.2) is 20.8 Å². The smallest absolute Gasteiger partial charge is 0.214 e. The van der Waals surface area contributed by atoms with Crippen LogP contribution in [0.25, 0.3) is 5.69 Å². The molecule has 4 heteroatoms. The highest BCUT2D eigenvalue weighted by Gasteiger charge is 2.13. The summed E-state index contributed by atoms with van der Waals surface area (Å²) in [6.45, 7) is 2.01. The summed E-state index contributed by atoms with van der Waals surface area (Å²) in [6, 6.07) is 17.0. The summed E-state index contributed by atoms with van der Waals surface area (Å²) in [5.74, 6) is -0.121. The summed E-state index contributed by atoms with van der Waals surface area (Å²) < 4.78 is 1.61. The number of ketones is 1. The Morgan fingerprint density at radius 3 is 2.60 bits per heavy atom. The molecule has 0 N–H and O–H groups in total. The van der Waals surface area contributed by atoms with Crippen molar-refractivity contribution in [1.82, 2.24) is 15.0 Å². The van der Waals surface area contributed by atoms with Gasteiger partial charge in [0.1, 0.15) is 0 Å². The van der Waals surface area contributed by atoms with E-state index in [1.807, 2.05) is 49.4 Å². The first-order chi connectivity index (χ1) is 9.74. The van der Waals surface area contributed by atoms with E-state index < -0.39 is 0 Å². The molecular formula is C16H13N3O. The van der Waals surface area contributed by atoms with Gasteiger partial charge in [0.15, 0.2) is 5.69 Å². The van der Waals surface area contributed by atoms with Gasteiger partial charge in [0, 0.05) is 5.56 Å². The van der Waals surface area contributed by atoms with E-state index in [1.54, 1.807) is 23.0 Å². The number of benzene rings is 2. The topological polar surface area (TPSA) is 47.8 Å². The van der Waals surface area contributed by atoms with Crippen LogP contribution in [0.15, 0.2) is 60.8 Å². The van der Waals surface area contributed by atoms with Gasteiger partial charge in [-0.25, -0.2) is 4.68 Å². The van der Waals surface area contributed by atoms with E-state index in [2.05, 4.69) is 10.3 Å². The largest absolute Gasteiger partial charge is 0.287 e. The van der Waals surface area contributed by atoms with Crippen LogP contribution in [0.4, 0.5) is 0 Å². The summed E-state index contributed by atoms with van der Waals surface area (Å²) in [7, 11) is 0. The number of hydrogen-bond acceptors (Lipinski definition) is 3. The summed E-state index contributed by atoms with van der Waals surface area (Å²) in [5, 5.41) is 7.98. The van der Waals surface area contributed by atoms with Crippen LogP contribution in [0.5, 0.6) is 0 Å². The van der Waals surface area contributed by atoms with E-state index in [9.17, 15) is 4.79 Å². The zero-order valence-corrected chi connectivity index (χ0v) is 11.0. The third kappa shape index (κ3) is 2.36. The van der Waals surface area contributed by atoms with Gasteiger partial charge in [0.05, 0.1) is 11.9 Å². The van der Waals surface area contributed by atoms with E-state index in [1.165, 1.54) is 0 Å². The Bertz CT molecular complexity index is 747. The van der Waals surface area contributed by atoms with E-state index in [-0.39, 0.29) is 5.78 Å². The van der Waals surface area contributed by atoms with Crippen LogP contribution in [0.2, 0.25) is 0 Å². The first kappa shape index (κ1) is 12.3. The number of aryl methyl sites for hydroxylation is 1. The second-order valence-electron chi connectivity index (χ2n) is 4.58. The molecule has 2 aromatic carbocycles. The molecule has 0 aliphatic carbocycles. The molecule has 98 valence electrons. The van der Waals surface area contributed by atoms with Crippen LogP contribution < -0.4 is 0 Å². The molecule has 0 saturated carbocycles. The number of carbonyl (C=O) groups is 1. The molecular weight excluding hydrogens is 250 g/mol. The molecule has 1 aromatic heterocycles. The number of rotatable bonds is 3. The van der Waals surface area contributed by atoms with E-state index in [0.717, 1.165) is 11.3 Å². The number of hydrogen-bond donors (Lipinski definition) is 0. The molecule has 0 unspecified atom stereocenters. The molecule has 20 heavy (non-hydrogen) atoms. The Morgan fingerprint density at radius 1 is 1.05 bits per heavy atom. The van der Waals surface area contributed by atoms with Gasteiger partial charge in [-0.15, -0.1) is 5.10 Å². The molecule has 0 aliphatic rings. The van der Waals surface area contributed by atoms with Crippen molar-refractivity contribution in [2.45, 2.75) is 6.92 Å². The van der Waals surface area contributed by atoms with Crippen LogP contribution in [0, 0.1) is 6.92 Å². The molecule has 0 atom stereocenters. The highest BCUT2D eigenvalue weighted by atomic mass is 16.1. The van der Waals surface area contributed by atoms with Crippen molar-refractivity contribution in [1.29, 1.82) is 0 Å². The normalized spacial score (nSPS) is 10.4. The van der Waals surface area contributed by atoms with Crippen LogP contribution in [0.1, 0.15) is 21.6 Å². The highest BCUT2D eigenvalue weighted by molar-refractivity contribution is 6.07. The predicted octanol–water partition coefficient (Wildman–Crippen LogP) is 2.81. The Hall–Kier alpha value is -2.75. The van der Waals surface area contributed by atoms with Gasteiger partial charge in [-0.3, -0.25) is 4.79 Å². The fourth-order valence-corrected chi connectivity index (χ4v) is 2.00. The number of nitrogens with zero attached hydrogens (tertiary/aromatic N) is 3. The third-order valence-corrected chi connectivity index (χ3v) is 3.03. The quantitative estimate of drug-likeness (QED) is 0.683. The maximum Gasteiger partial charge on any atom is 0.214 e. The average Bonchev–Trinajstić information content (AvgIpc) is 2.97. The summed E-state index contributed by atoms with van der Waals surface area (Å²) >= 11 is 0. The van der Waals surface area contributed by atoms with Crippen LogP contribution in [0.3, 0.4) is 0 Å². The van der Waals surface area contributed by atoms with Gasteiger partial charge in [-0.1, -0.05) is 47.7 Å². The zero-order valence-electron chi connectivity index (χ0n) is 11.0. The Kier molecular flexibility index (Phi) is 3.13. The third-order valence-electron chi connectivity index (χ3n) is 3.03. The van der Waals surface area contributed by atoms with Crippen molar-refractivity contribution >= 4 is 5.78 Å². The molecule has 3 rings (SSSR count). The van der Waals surface area contributed by atoms with Crippen molar-refractivity contribution in [3.63, 3.8) is 0 Å². The van der Waals surface area contributed by atoms with E-state index in [4.69, 9.17) is 0 Å². The van der Waals surface area contributed by atoms with E-state index in [0.29, 0.717) is 11.3 Å². The molecule has 3 aromatic rings. The monoisotopic (exact) mass is 263 g/mol. The number of carbonyl (C=O) groups excluding carboxylic acids is 1. The molecule has 0 amide bonds. The second kappa shape index (κ2) is 5.09.